The van der Waals surface area contributed by atoms with Gasteiger partial charge in [-0.25, -0.2) is 0 Å². The van der Waals surface area contributed by atoms with Crippen LogP contribution in [-0.2, 0) is 32.6 Å². The second-order valence-corrected chi connectivity index (χ2v) is 5.08. The molecule has 0 unspecified atom stereocenters. The summed E-state index contributed by atoms with van der Waals surface area (Å²) in [5, 5.41) is 0. The Morgan fingerprint density at radius 2 is 1.60 bits per heavy atom. The molecule has 99 valence electrons. The molecule has 2 aromatic carbocycles. The van der Waals surface area contributed by atoms with Crippen molar-refractivity contribution in [2.75, 3.05) is 0 Å². The Kier molecular flexibility index (Phi) is 5.16. The fraction of sp³-hybridized carbons (Fsp3) is 0.211. The van der Waals surface area contributed by atoms with E-state index in [-0.39, 0.29) is 26.2 Å². The molecule has 0 N–H and O–H groups in total. The zero-order chi connectivity index (χ0) is 13.2. The van der Waals surface area contributed by atoms with Gasteiger partial charge in [-0.05, 0) is 40.7 Å². The Morgan fingerprint density at radius 1 is 0.850 bits per heavy atom. The monoisotopic (exact) mass is 337 g/mol. The zero-order valence-electron chi connectivity index (χ0n) is 12.1. The van der Waals surface area contributed by atoms with Gasteiger partial charge < -0.3 is 0 Å². The van der Waals surface area contributed by atoms with Crippen LogP contribution >= 0.6 is 0 Å². The molecule has 3 rings (SSSR count). The van der Waals surface area contributed by atoms with Gasteiger partial charge in [0.2, 0.25) is 0 Å². The fourth-order valence-corrected chi connectivity index (χ4v) is 2.67. The first-order chi connectivity index (χ1) is 9.31. The average molecular weight is 339 g/mol. The van der Waals surface area contributed by atoms with Gasteiger partial charge in [-0.3, -0.25) is 0 Å². The minimum atomic E-state index is 0. The minimum absolute atomic E-state index is 0. The maximum absolute atomic E-state index is 2.33. The molecule has 0 saturated carbocycles. The molecule has 20 heavy (non-hydrogen) atoms. The number of hydrogen-bond acceptors (Lipinski definition) is 0. The summed E-state index contributed by atoms with van der Waals surface area (Å²) >= 11 is 0. The summed E-state index contributed by atoms with van der Waals surface area (Å²) in [7, 11) is 0. The third-order valence-electron chi connectivity index (χ3n) is 3.89. The zero-order valence-corrected chi connectivity index (χ0v) is 14.6. The van der Waals surface area contributed by atoms with E-state index in [0.717, 1.165) is 12.8 Å². The van der Waals surface area contributed by atoms with Crippen LogP contribution in [0.1, 0.15) is 37.0 Å². The van der Waals surface area contributed by atoms with Crippen molar-refractivity contribution < 1.29 is 26.2 Å². The van der Waals surface area contributed by atoms with Crippen molar-refractivity contribution in [3.05, 3.63) is 71.1 Å². The number of rotatable bonds is 3. The summed E-state index contributed by atoms with van der Waals surface area (Å²) in [6, 6.07) is 15.5. The largest absolute Gasteiger partial charge is 0.0616 e. The number of allylic oxidation sites excluding steroid dienone is 1. The molecule has 1 aliphatic rings. The number of benzene rings is 2. The first-order valence-corrected chi connectivity index (χ1v) is 7.09. The summed E-state index contributed by atoms with van der Waals surface area (Å²) in [5.74, 6) is 0. The first-order valence-electron chi connectivity index (χ1n) is 7.09. The molecule has 0 aliphatic heterocycles. The molecule has 0 bridgehead atoms. The van der Waals surface area contributed by atoms with Crippen molar-refractivity contribution in [2.45, 2.75) is 26.7 Å². The minimum Gasteiger partial charge on any atom is -0.0616 e. The average Bonchev–Trinajstić information content (AvgIpc) is 2.90. The third kappa shape index (κ3) is 2.89. The molecular formula is C19H19Zr. The normalized spacial score (nSPS) is 12.6. The molecule has 0 fully saturated rings. The van der Waals surface area contributed by atoms with Gasteiger partial charge in [0.25, 0.3) is 0 Å². The van der Waals surface area contributed by atoms with E-state index >= 15 is 0 Å². The molecule has 1 aliphatic carbocycles. The molecule has 0 amide bonds. The van der Waals surface area contributed by atoms with E-state index in [1.165, 1.54) is 33.4 Å². The predicted octanol–water partition coefficient (Wildman–Crippen LogP) is 5.27. The Labute approximate surface area is 141 Å². The molecule has 2 aromatic rings. The van der Waals surface area contributed by atoms with E-state index in [1.807, 2.05) is 0 Å². The van der Waals surface area contributed by atoms with Crippen molar-refractivity contribution in [1.82, 2.24) is 0 Å². The smallest absolute Gasteiger partial charge is 0.0164 e. The van der Waals surface area contributed by atoms with Crippen molar-refractivity contribution >= 4 is 6.08 Å². The van der Waals surface area contributed by atoms with E-state index in [0.29, 0.717) is 0 Å². The van der Waals surface area contributed by atoms with Crippen LogP contribution in [-0.4, -0.2) is 0 Å². The van der Waals surface area contributed by atoms with Gasteiger partial charge in [0.05, 0.1) is 0 Å². The van der Waals surface area contributed by atoms with E-state index in [2.05, 4.69) is 68.8 Å². The van der Waals surface area contributed by atoms with Gasteiger partial charge in [0, 0.05) is 32.6 Å². The van der Waals surface area contributed by atoms with Crippen LogP contribution in [0.25, 0.3) is 17.2 Å². The Bertz CT molecular complexity index is 621. The third-order valence-corrected chi connectivity index (χ3v) is 3.89. The standard InChI is InChI=1S/C19H19.Zr/c1-3-14-8-10-16(11-9-14)18-7-5-6-17-12-15(4-2)13-19(17)18;/h5-13H,3-4H2,1-2H3;. The van der Waals surface area contributed by atoms with Crippen LogP contribution in [0, 0.1) is 6.42 Å². The Morgan fingerprint density at radius 3 is 2.25 bits per heavy atom. The van der Waals surface area contributed by atoms with E-state index in [4.69, 9.17) is 0 Å². The Balaban J connectivity index is 0.00000147. The van der Waals surface area contributed by atoms with Gasteiger partial charge in [0.1, 0.15) is 0 Å². The summed E-state index contributed by atoms with van der Waals surface area (Å²) in [6.07, 6.45) is 6.83. The van der Waals surface area contributed by atoms with E-state index in [1.54, 1.807) is 0 Å². The van der Waals surface area contributed by atoms with Gasteiger partial charge >= 0.3 is 0 Å². The van der Waals surface area contributed by atoms with Gasteiger partial charge in [0.15, 0.2) is 0 Å². The molecule has 0 saturated heterocycles. The topological polar surface area (TPSA) is 0 Å². The summed E-state index contributed by atoms with van der Waals surface area (Å²) in [5.41, 5.74) is 8.22. The van der Waals surface area contributed by atoms with Crippen LogP contribution in [0.15, 0.2) is 48.0 Å². The maximum atomic E-state index is 2.33. The SMILES string of the molecule is CCC1=Cc2c(cccc2-c2ccc(CC)cc2)[CH]1.[Zr]. The van der Waals surface area contributed by atoms with Crippen molar-refractivity contribution in [3.63, 3.8) is 0 Å². The van der Waals surface area contributed by atoms with Gasteiger partial charge in [-0.1, -0.05) is 68.0 Å². The van der Waals surface area contributed by atoms with E-state index < -0.39 is 0 Å². The second kappa shape index (κ2) is 6.68. The van der Waals surface area contributed by atoms with Crippen molar-refractivity contribution in [3.8, 4) is 11.1 Å². The summed E-state index contributed by atoms with van der Waals surface area (Å²) in [6.45, 7) is 4.41. The van der Waals surface area contributed by atoms with E-state index in [9.17, 15) is 0 Å². The van der Waals surface area contributed by atoms with Gasteiger partial charge in [-0.2, -0.15) is 0 Å². The Hall–Kier alpha value is -0.937. The molecule has 0 aromatic heterocycles. The molecule has 1 radical (unpaired) electrons. The number of aryl methyl sites for hydroxylation is 1. The molecule has 0 heterocycles. The van der Waals surface area contributed by atoms with Crippen molar-refractivity contribution in [2.24, 2.45) is 0 Å². The van der Waals surface area contributed by atoms with Gasteiger partial charge in [-0.15, -0.1) is 0 Å². The first kappa shape index (κ1) is 15.5. The summed E-state index contributed by atoms with van der Waals surface area (Å²) < 4.78 is 0. The maximum Gasteiger partial charge on any atom is 0.0164 e. The molecule has 1 heteroatoms. The predicted molar refractivity (Wildman–Crippen MR) is 82.9 cm³/mol. The van der Waals surface area contributed by atoms with Crippen molar-refractivity contribution in [1.29, 1.82) is 0 Å². The van der Waals surface area contributed by atoms with Crippen LogP contribution in [0.4, 0.5) is 0 Å². The summed E-state index contributed by atoms with van der Waals surface area (Å²) in [4.78, 5) is 0. The fourth-order valence-electron chi connectivity index (χ4n) is 2.67. The molecule has 0 nitrogen and oxygen atoms in total. The molecular weight excluding hydrogens is 319 g/mol. The molecule has 0 atom stereocenters. The van der Waals surface area contributed by atoms with Crippen LogP contribution in [0.3, 0.4) is 0 Å². The van der Waals surface area contributed by atoms with Crippen LogP contribution < -0.4 is 0 Å². The molecule has 0 spiro atoms. The quantitative estimate of drug-likeness (QED) is 0.715. The van der Waals surface area contributed by atoms with Crippen LogP contribution in [0.2, 0.25) is 0 Å². The number of fused-ring (bicyclic) bond motifs is 1. The van der Waals surface area contributed by atoms with Crippen LogP contribution in [0.5, 0.6) is 0 Å². The number of hydrogen-bond donors (Lipinski definition) is 0. The second-order valence-electron chi connectivity index (χ2n) is 5.08.